The molecule has 1 nitrogen and oxygen atoms in total. The van der Waals surface area contributed by atoms with Crippen LogP contribution in [0, 0.1) is 13.8 Å². The number of carbonyl (C=O) groups excluding carboxylic acids is 1. The average Bonchev–Trinajstić information content (AvgIpc) is 2.62. The molecule has 0 amide bonds. The second kappa shape index (κ2) is 4.06. The highest BCUT2D eigenvalue weighted by atomic mass is 16.1. The lowest BCUT2D eigenvalue weighted by Crippen LogP contribution is -1.98. The monoisotopic (exact) mass is 250 g/mol. The Kier molecular flexibility index (Phi) is 2.60. The highest BCUT2D eigenvalue weighted by Gasteiger charge is 2.29. The van der Waals surface area contributed by atoms with Gasteiger partial charge in [0, 0.05) is 11.1 Å². The molecule has 0 saturated carbocycles. The standard InChI is InChI=1S/C18H18O/c1-10(2)14-8-12(4)9-16-17(14)13-6-5-11(3)7-15(13)18(16)19/h5-10H,1-4H3. The van der Waals surface area contributed by atoms with Crippen molar-refractivity contribution in [3.8, 4) is 11.1 Å². The zero-order chi connectivity index (χ0) is 13.7. The number of hydrogen-bond acceptors (Lipinski definition) is 1. The predicted octanol–water partition coefficient (Wildman–Crippen LogP) is 4.64. The van der Waals surface area contributed by atoms with E-state index in [1.807, 2.05) is 19.1 Å². The summed E-state index contributed by atoms with van der Waals surface area (Å²) in [5, 5.41) is 0. The number of carbonyl (C=O) groups is 1. The van der Waals surface area contributed by atoms with Gasteiger partial charge in [0.25, 0.3) is 0 Å². The highest BCUT2D eigenvalue weighted by Crippen LogP contribution is 2.42. The Balaban J connectivity index is 2.38. The molecule has 2 aromatic carbocycles. The summed E-state index contributed by atoms with van der Waals surface area (Å²) in [6, 6.07) is 10.4. The fourth-order valence-corrected chi connectivity index (χ4v) is 2.96. The average molecular weight is 250 g/mol. The van der Waals surface area contributed by atoms with Crippen LogP contribution in [0.5, 0.6) is 0 Å². The van der Waals surface area contributed by atoms with E-state index >= 15 is 0 Å². The second-order valence-electron chi connectivity index (χ2n) is 5.81. The molecule has 0 fully saturated rings. The Labute approximate surface area is 114 Å². The van der Waals surface area contributed by atoms with E-state index in [1.54, 1.807) is 0 Å². The maximum Gasteiger partial charge on any atom is 0.194 e. The van der Waals surface area contributed by atoms with Crippen molar-refractivity contribution in [3.63, 3.8) is 0 Å². The van der Waals surface area contributed by atoms with Gasteiger partial charge in [0.2, 0.25) is 0 Å². The third-order valence-corrected chi connectivity index (χ3v) is 3.87. The van der Waals surface area contributed by atoms with Crippen LogP contribution in [0.1, 0.15) is 52.4 Å². The van der Waals surface area contributed by atoms with Gasteiger partial charge in [-0.2, -0.15) is 0 Å². The summed E-state index contributed by atoms with van der Waals surface area (Å²) in [4.78, 5) is 12.6. The number of fused-ring (bicyclic) bond motifs is 3. The molecule has 0 bridgehead atoms. The van der Waals surface area contributed by atoms with Crippen LogP contribution in [-0.4, -0.2) is 5.78 Å². The molecule has 1 aliphatic rings. The summed E-state index contributed by atoms with van der Waals surface area (Å²) in [6.07, 6.45) is 0. The first-order valence-electron chi connectivity index (χ1n) is 6.79. The molecule has 19 heavy (non-hydrogen) atoms. The minimum atomic E-state index is 0.180. The number of ketones is 1. The van der Waals surface area contributed by atoms with Crippen LogP contribution in [0.3, 0.4) is 0 Å². The molecule has 0 N–H and O–H groups in total. The van der Waals surface area contributed by atoms with Gasteiger partial charge in [0.05, 0.1) is 0 Å². The zero-order valence-electron chi connectivity index (χ0n) is 11.9. The van der Waals surface area contributed by atoms with E-state index in [0.29, 0.717) is 5.92 Å². The van der Waals surface area contributed by atoms with Crippen molar-refractivity contribution in [2.75, 3.05) is 0 Å². The Bertz CT molecular complexity index is 693. The van der Waals surface area contributed by atoms with E-state index < -0.39 is 0 Å². The third kappa shape index (κ3) is 1.73. The maximum absolute atomic E-state index is 12.6. The number of hydrogen-bond donors (Lipinski definition) is 0. The summed E-state index contributed by atoms with van der Waals surface area (Å²) in [5.41, 5.74) is 7.59. The Hall–Kier alpha value is -1.89. The highest BCUT2D eigenvalue weighted by molar-refractivity contribution is 6.22. The van der Waals surface area contributed by atoms with Crippen molar-refractivity contribution < 1.29 is 4.79 Å². The van der Waals surface area contributed by atoms with E-state index in [4.69, 9.17) is 0 Å². The first kappa shape index (κ1) is 12.2. The topological polar surface area (TPSA) is 17.1 Å². The van der Waals surface area contributed by atoms with Crippen LogP contribution >= 0.6 is 0 Å². The van der Waals surface area contributed by atoms with Crippen LogP contribution in [-0.2, 0) is 0 Å². The van der Waals surface area contributed by atoms with Gasteiger partial charge in [-0.1, -0.05) is 43.2 Å². The van der Waals surface area contributed by atoms with Gasteiger partial charge in [-0.15, -0.1) is 0 Å². The molecule has 0 saturated heterocycles. The Morgan fingerprint density at radius 2 is 1.53 bits per heavy atom. The molecule has 0 aromatic heterocycles. The van der Waals surface area contributed by atoms with Gasteiger partial charge >= 0.3 is 0 Å². The van der Waals surface area contributed by atoms with Gasteiger partial charge in [0.1, 0.15) is 0 Å². The summed E-state index contributed by atoms with van der Waals surface area (Å²) < 4.78 is 0. The second-order valence-corrected chi connectivity index (χ2v) is 5.81. The van der Waals surface area contributed by atoms with E-state index in [1.165, 1.54) is 11.1 Å². The summed E-state index contributed by atoms with van der Waals surface area (Å²) >= 11 is 0. The third-order valence-electron chi connectivity index (χ3n) is 3.87. The first-order valence-corrected chi connectivity index (χ1v) is 6.79. The van der Waals surface area contributed by atoms with Crippen molar-refractivity contribution in [2.45, 2.75) is 33.6 Å². The molecule has 3 rings (SSSR count). The SMILES string of the molecule is Cc1ccc2c(c1)C(=O)c1cc(C)cc(C(C)C)c1-2. The molecule has 0 heterocycles. The Morgan fingerprint density at radius 1 is 0.842 bits per heavy atom. The van der Waals surface area contributed by atoms with Crippen molar-refractivity contribution >= 4 is 5.78 Å². The van der Waals surface area contributed by atoms with Gasteiger partial charge in [-0.25, -0.2) is 0 Å². The predicted molar refractivity (Wildman–Crippen MR) is 78.9 cm³/mol. The first-order chi connectivity index (χ1) is 8.99. The van der Waals surface area contributed by atoms with E-state index in [0.717, 1.165) is 27.8 Å². The van der Waals surface area contributed by atoms with Crippen LogP contribution < -0.4 is 0 Å². The molecule has 0 aliphatic heterocycles. The van der Waals surface area contributed by atoms with Crippen LogP contribution in [0.25, 0.3) is 11.1 Å². The molecule has 0 atom stereocenters. The summed E-state index contributed by atoms with van der Waals surface area (Å²) in [6.45, 7) is 8.47. The van der Waals surface area contributed by atoms with Crippen molar-refractivity contribution in [1.82, 2.24) is 0 Å². The number of rotatable bonds is 1. The molecule has 0 unspecified atom stereocenters. The number of benzene rings is 2. The normalized spacial score (nSPS) is 12.8. The van der Waals surface area contributed by atoms with Crippen LogP contribution in [0.4, 0.5) is 0 Å². The molecule has 0 spiro atoms. The van der Waals surface area contributed by atoms with Crippen LogP contribution in [0.15, 0.2) is 30.3 Å². The Morgan fingerprint density at radius 3 is 2.21 bits per heavy atom. The lowest BCUT2D eigenvalue weighted by atomic mass is 9.90. The maximum atomic E-state index is 12.6. The molecule has 96 valence electrons. The van der Waals surface area contributed by atoms with E-state index in [-0.39, 0.29) is 5.78 Å². The fraction of sp³-hybridized carbons (Fsp3) is 0.278. The fourth-order valence-electron chi connectivity index (χ4n) is 2.96. The quantitative estimate of drug-likeness (QED) is 0.615. The zero-order valence-corrected chi connectivity index (χ0v) is 11.9. The van der Waals surface area contributed by atoms with Gasteiger partial charge in [0.15, 0.2) is 5.78 Å². The van der Waals surface area contributed by atoms with Crippen LogP contribution in [0.2, 0.25) is 0 Å². The minimum Gasteiger partial charge on any atom is -0.289 e. The van der Waals surface area contributed by atoms with E-state index in [9.17, 15) is 4.79 Å². The molecule has 1 aliphatic carbocycles. The summed E-state index contributed by atoms with van der Waals surface area (Å²) in [7, 11) is 0. The summed E-state index contributed by atoms with van der Waals surface area (Å²) in [5.74, 6) is 0.605. The molecule has 0 radical (unpaired) electrons. The van der Waals surface area contributed by atoms with Crippen molar-refractivity contribution in [1.29, 1.82) is 0 Å². The smallest absolute Gasteiger partial charge is 0.194 e. The minimum absolute atomic E-state index is 0.180. The lowest BCUT2D eigenvalue weighted by Gasteiger charge is -2.13. The van der Waals surface area contributed by atoms with Crippen molar-refractivity contribution in [3.05, 3.63) is 58.1 Å². The van der Waals surface area contributed by atoms with Gasteiger partial charge in [-0.05, 0) is 48.6 Å². The largest absolute Gasteiger partial charge is 0.289 e. The molecule has 1 heteroatoms. The van der Waals surface area contributed by atoms with Crippen molar-refractivity contribution in [2.24, 2.45) is 0 Å². The number of aryl methyl sites for hydroxylation is 2. The van der Waals surface area contributed by atoms with Gasteiger partial charge < -0.3 is 0 Å². The molecule has 2 aromatic rings. The molecular weight excluding hydrogens is 232 g/mol. The van der Waals surface area contributed by atoms with E-state index in [2.05, 4.69) is 39.0 Å². The van der Waals surface area contributed by atoms with Gasteiger partial charge in [-0.3, -0.25) is 4.79 Å². The molecular formula is C18H18O. The lowest BCUT2D eigenvalue weighted by molar-refractivity contribution is 0.104.